The van der Waals surface area contributed by atoms with Gasteiger partial charge < -0.3 is 0 Å². The van der Waals surface area contributed by atoms with Crippen LogP contribution in [0.3, 0.4) is 0 Å². The lowest BCUT2D eigenvalue weighted by molar-refractivity contribution is 0.501. The average Bonchev–Trinajstić information content (AvgIpc) is 1.87. The quantitative estimate of drug-likeness (QED) is 0.497. The molecule has 0 heterocycles. The largest absolute Gasteiger partial charge is 0.0846 e. The van der Waals surface area contributed by atoms with Gasteiger partial charge in [-0.1, -0.05) is 48.4 Å². The first kappa shape index (κ1) is 11.2. The fourth-order valence-electron chi connectivity index (χ4n) is 0.740. The zero-order chi connectivity index (χ0) is 9.02. The molecule has 0 aromatic carbocycles. The highest BCUT2D eigenvalue weighted by Crippen LogP contribution is 2.17. The molecular formula is C10H19Br. The summed E-state index contributed by atoms with van der Waals surface area (Å²) in [5.74, 6) is 1.44. The summed E-state index contributed by atoms with van der Waals surface area (Å²) < 4.78 is 0. The first-order valence-corrected chi connectivity index (χ1v) is 5.19. The Morgan fingerprint density at radius 2 is 1.64 bits per heavy atom. The topological polar surface area (TPSA) is 0 Å². The normalized spacial score (nSPS) is 18.6. The summed E-state index contributed by atoms with van der Waals surface area (Å²) in [6.07, 6.45) is 2.35. The van der Waals surface area contributed by atoms with Crippen molar-refractivity contribution in [1.29, 1.82) is 0 Å². The minimum atomic E-state index is 0.517. The van der Waals surface area contributed by atoms with Crippen LogP contribution >= 0.6 is 15.9 Å². The van der Waals surface area contributed by atoms with Gasteiger partial charge in [0.1, 0.15) is 0 Å². The predicted molar refractivity (Wildman–Crippen MR) is 56.1 cm³/mol. The molecule has 0 spiro atoms. The number of allylic oxidation sites excluding steroid dienone is 2. The SMILES string of the molecule is C/C(=C/C(C)C(C)C)C(C)Br. The van der Waals surface area contributed by atoms with E-state index in [0.29, 0.717) is 10.7 Å². The molecule has 0 rings (SSSR count). The molecule has 0 saturated heterocycles. The van der Waals surface area contributed by atoms with Crippen LogP contribution in [0.5, 0.6) is 0 Å². The Balaban J connectivity index is 4.07. The van der Waals surface area contributed by atoms with Crippen molar-refractivity contribution in [3.8, 4) is 0 Å². The average molecular weight is 219 g/mol. The van der Waals surface area contributed by atoms with Crippen LogP contribution in [0.15, 0.2) is 11.6 Å². The Kier molecular flexibility index (Phi) is 5.07. The molecule has 1 heteroatoms. The summed E-state index contributed by atoms with van der Waals surface area (Å²) >= 11 is 3.55. The summed E-state index contributed by atoms with van der Waals surface area (Å²) in [5, 5.41) is 0. The van der Waals surface area contributed by atoms with E-state index in [2.05, 4.69) is 56.6 Å². The molecule has 0 saturated carbocycles. The van der Waals surface area contributed by atoms with Gasteiger partial charge in [0.05, 0.1) is 0 Å². The third kappa shape index (κ3) is 4.62. The maximum atomic E-state index is 3.55. The Morgan fingerprint density at radius 3 is 1.91 bits per heavy atom. The van der Waals surface area contributed by atoms with Crippen LogP contribution in [0.25, 0.3) is 0 Å². The van der Waals surface area contributed by atoms with Crippen molar-refractivity contribution in [2.45, 2.75) is 39.4 Å². The van der Waals surface area contributed by atoms with Crippen LogP contribution in [0.4, 0.5) is 0 Å². The Bertz CT molecular complexity index is 134. The van der Waals surface area contributed by atoms with E-state index in [0.717, 1.165) is 5.92 Å². The lowest BCUT2D eigenvalue weighted by Gasteiger charge is -2.13. The summed E-state index contributed by atoms with van der Waals surface area (Å²) in [7, 11) is 0. The van der Waals surface area contributed by atoms with Crippen LogP contribution in [0, 0.1) is 11.8 Å². The van der Waals surface area contributed by atoms with Gasteiger partial charge >= 0.3 is 0 Å². The van der Waals surface area contributed by atoms with Gasteiger partial charge in [0.2, 0.25) is 0 Å². The second kappa shape index (κ2) is 4.97. The van der Waals surface area contributed by atoms with Crippen molar-refractivity contribution >= 4 is 15.9 Å². The van der Waals surface area contributed by atoms with Gasteiger partial charge in [0.15, 0.2) is 0 Å². The van der Waals surface area contributed by atoms with E-state index in [1.165, 1.54) is 5.57 Å². The van der Waals surface area contributed by atoms with Gasteiger partial charge in [-0.3, -0.25) is 0 Å². The van der Waals surface area contributed by atoms with Crippen LogP contribution < -0.4 is 0 Å². The Morgan fingerprint density at radius 1 is 1.18 bits per heavy atom. The molecule has 0 aliphatic rings. The summed E-state index contributed by atoms with van der Waals surface area (Å²) in [6.45, 7) is 11.1. The molecule has 0 fully saturated rings. The summed E-state index contributed by atoms with van der Waals surface area (Å²) in [6, 6.07) is 0. The van der Waals surface area contributed by atoms with E-state index in [-0.39, 0.29) is 0 Å². The highest BCUT2D eigenvalue weighted by atomic mass is 79.9. The zero-order valence-electron chi connectivity index (χ0n) is 8.19. The third-order valence-electron chi connectivity index (χ3n) is 2.20. The number of hydrogen-bond donors (Lipinski definition) is 0. The smallest absolute Gasteiger partial charge is 0.0323 e. The molecule has 2 atom stereocenters. The van der Waals surface area contributed by atoms with E-state index >= 15 is 0 Å². The molecule has 0 aliphatic heterocycles. The molecule has 0 radical (unpaired) electrons. The standard InChI is InChI=1S/C10H19Br/c1-7(2)8(3)6-9(4)10(5)11/h6-8,10H,1-5H3/b9-6-. The van der Waals surface area contributed by atoms with Gasteiger partial charge in [-0.15, -0.1) is 0 Å². The lowest BCUT2D eigenvalue weighted by atomic mass is 9.95. The monoisotopic (exact) mass is 218 g/mol. The van der Waals surface area contributed by atoms with E-state index in [1.807, 2.05) is 0 Å². The molecule has 11 heavy (non-hydrogen) atoms. The maximum absolute atomic E-state index is 3.55. The fourth-order valence-corrected chi connectivity index (χ4v) is 0.892. The second-order valence-corrected chi connectivity index (χ2v) is 5.00. The Hall–Kier alpha value is 0.220. The highest BCUT2D eigenvalue weighted by Gasteiger charge is 2.05. The molecule has 0 N–H and O–H groups in total. The minimum absolute atomic E-state index is 0.517. The van der Waals surface area contributed by atoms with Crippen molar-refractivity contribution in [1.82, 2.24) is 0 Å². The van der Waals surface area contributed by atoms with Crippen molar-refractivity contribution in [3.05, 3.63) is 11.6 Å². The molecule has 66 valence electrons. The molecule has 0 bridgehead atoms. The van der Waals surface area contributed by atoms with Crippen molar-refractivity contribution in [3.63, 3.8) is 0 Å². The van der Waals surface area contributed by atoms with Crippen LogP contribution in [0.1, 0.15) is 34.6 Å². The second-order valence-electron chi connectivity index (χ2n) is 3.63. The highest BCUT2D eigenvalue weighted by molar-refractivity contribution is 9.09. The van der Waals surface area contributed by atoms with E-state index in [9.17, 15) is 0 Å². The fraction of sp³-hybridized carbons (Fsp3) is 0.800. The van der Waals surface area contributed by atoms with Crippen LogP contribution in [-0.4, -0.2) is 4.83 Å². The lowest BCUT2D eigenvalue weighted by Crippen LogP contribution is -2.03. The third-order valence-corrected chi connectivity index (χ3v) is 2.93. The van der Waals surface area contributed by atoms with Crippen LogP contribution in [-0.2, 0) is 0 Å². The minimum Gasteiger partial charge on any atom is -0.0846 e. The molecule has 0 amide bonds. The maximum Gasteiger partial charge on any atom is 0.0323 e. The number of hydrogen-bond acceptors (Lipinski definition) is 0. The van der Waals surface area contributed by atoms with E-state index in [4.69, 9.17) is 0 Å². The zero-order valence-corrected chi connectivity index (χ0v) is 9.77. The van der Waals surface area contributed by atoms with Gasteiger partial charge in [0, 0.05) is 4.83 Å². The first-order valence-electron chi connectivity index (χ1n) is 4.27. The predicted octanol–water partition coefficient (Wildman–Crippen LogP) is 4.01. The number of rotatable bonds is 3. The van der Waals surface area contributed by atoms with Crippen molar-refractivity contribution in [2.75, 3.05) is 0 Å². The summed E-state index contributed by atoms with van der Waals surface area (Å²) in [4.78, 5) is 0.517. The van der Waals surface area contributed by atoms with Gasteiger partial charge in [0.25, 0.3) is 0 Å². The molecule has 2 unspecified atom stereocenters. The number of halogens is 1. The van der Waals surface area contributed by atoms with Gasteiger partial charge in [-0.05, 0) is 25.7 Å². The molecular weight excluding hydrogens is 200 g/mol. The molecule has 0 aromatic rings. The molecule has 0 aliphatic carbocycles. The van der Waals surface area contributed by atoms with E-state index in [1.54, 1.807) is 0 Å². The molecule has 0 aromatic heterocycles. The van der Waals surface area contributed by atoms with Gasteiger partial charge in [-0.2, -0.15) is 0 Å². The van der Waals surface area contributed by atoms with Crippen molar-refractivity contribution in [2.24, 2.45) is 11.8 Å². The van der Waals surface area contributed by atoms with Gasteiger partial charge in [-0.25, -0.2) is 0 Å². The first-order chi connectivity index (χ1) is 4.95. The van der Waals surface area contributed by atoms with Crippen molar-refractivity contribution < 1.29 is 0 Å². The summed E-state index contributed by atoms with van der Waals surface area (Å²) in [5.41, 5.74) is 1.44. The Labute approximate surface area is 79.2 Å². The van der Waals surface area contributed by atoms with E-state index < -0.39 is 0 Å². The molecule has 0 nitrogen and oxygen atoms in total. The number of alkyl halides is 1. The van der Waals surface area contributed by atoms with Crippen LogP contribution in [0.2, 0.25) is 0 Å².